The first-order valence-corrected chi connectivity index (χ1v) is 8.59. The summed E-state index contributed by atoms with van der Waals surface area (Å²) in [5.41, 5.74) is 1.43. The van der Waals surface area contributed by atoms with Crippen LogP contribution in [0.15, 0.2) is 60.7 Å². The van der Waals surface area contributed by atoms with Crippen LogP contribution in [0.1, 0.15) is 21.5 Å². The zero-order valence-electron chi connectivity index (χ0n) is 15.5. The number of rotatable bonds is 6. The molecule has 28 heavy (non-hydrogen) atoms. The monoisotopic (exact) mass is 383 g/mol. The van der Waals surface area contributed by atoms with Gasteiger partial charge in [0, 0.05) is 11.1 Å². The Kier molecular flexibility index (Phi) is 5.89. The normalized spacial score (nSPS) is 10.4. The molecule has 1 amide bonds. The van der Waals surface area contributed by atoms with Gasteiger partial charge in [0.05, 0.1) is 7.11 Å². The SMILES string of the molecule is COc1ccc(C(=O)Nc2c(F)cccc2F)cc1COc1cccc(C)c1. The van der Waals surface area contributed by atoms with Crippen LogP contribution >= 0.6 is 0 Å². The van der Waals surface area contributed by atoms with Crippen molar-refractivity contribution in [2.75, 3.05) is 12.4 Å². The van der Waals surface area contributed by atoms with Gasteiger partial charge in [-0.3, -0.25) is 4.79 Å². The maximum absolute atomic E-state index is 13.8. The number of benzene rings is 3. The van der Waals surface area contributed by atoms with E-state index in [0.717, 1.165) is 17.7 Å². The van der Waals surface area contributed by atoms with Crippen molar-refractivity contribution in [3.63, 3.8) is 0 Å². The van der Waals surface area contributed by atoms with Crippen LogP contribution in [0.4, 0.5) is 14.5 Å². The summed E-state index contributed by atoms with van der Waals surface area (Å²) in [4.78, 5) is 12.5. The first-order valence-electron chi connectivity index (χ1n) is 8.59. The molecule has 0 spiro atoms. The highest BCUT2D eigenvalue weighted by atomic mass is 19.1. The molecule has 0 heterocycles. The van der Waals surface area contributed by atoms with Gasteiger partial charge in [-0.2, -0.15) is 0 Å². The summed E-state index contributed by atoms with van der Waals surface area (Å²) >= 11 is 0. The molecule has 3 aromatic carbocycles. The van der Waals surface area contributed by atoms with Crippen molar-refractivity contribution >= 4 is 11.6 Å². The Labute approximate surface area is 161 Å². The van der Waals surface area contributed by atoms with Crippen molar-refractivity contribution in [2.24, 2.45) is 0 Å². The van der Waals surface area contributed by atoms with E-state index in [4.69, 9.17) is 9.47 Å². The molecule has 0 saturated carbocycles. The molecule has 0 fully saturated rings. The molecular formula is C22H19F2NO3. The topological polar surface area (TPSA) is 47.6 Å². The summed E-state index contributed by atoms with van der Waals surface area (Å²) in [6.07, 6.45) is 0. The summed E-state index contributed by atoms with van der Waals surface area (Å²) in [5, 5.41) is 2.27. The summed E-state index contributed by atoms with van der Waals surface area (Å²) in [7, 11) is 1.51. The Morgan fingerprint density at radius 2 is 1.71 bits per heavy atom. The van der Waals surface area contributed by atoms with Crippen molar-refractivity contribution in [1.82, 2.24) is 0 Å². The Bertz CT molecular complexity index is 985. The molecule has 6 heteroatoms. The number of ether oxygens (including phenoxy) is 2. The van der Waals surface area contributed by atoms with Crippen molar-refractivity contribution in [3.8, 4) is 11.5 Å². The average molecular weight is 383 g/mol. The van der Waals surface area contributed by atoms with E-state index in [9.17, 15) is 13.6 Å². The third kappa shape index (κ3) is 4.46. The summed E-state index contributed by atoms with van der Waals surface area (Å²) in [6.45, 7) is 2.13. The van der Waals surface area contributed by atoms with E-state index in [-0.39, 0.29) is 12.2 Å². The van der Waals surface area contributed by atoms with Gasteiger partial charge in [-0.05, 0) is 55.0 Å². The van der Waals surface area contributed by atoms with Gasteiger partial charge >= 0.3 is 0 Å². The highest BCUT2D eigenvalue weighted by Crippen LogP contribution is 2.24. The first kappa shape index (κ1) is 19.4. The third-order valence-electron chi connectivity index (χ3n) is 4.13. The summed E-state index contributed by atoms with van der Waals surface area (Å²) < 4.78 is 38.6. The number of para-hydroxylation sites is 1. The Morgan fingerprint density at radius 1 is 1.00 bits per heavy atom. The van der Waals surface area contributed by atoms with E-state index in [1.807, 2.05) is 31.2 Å². The molecule has 0 bridgehead atoms. The molecule has 0 saturated heterocycles. The average Bonchev–Trinajstić information content (AvgIpc) is 2.69. The molecule has 1 N–H and O–H groups in total. The second-order valence-electron chi connectivity index (χ2n) is 6.18. The van der Waals surface area contributed by atoms with Crippen LogP contribution in [0.25, 0.3) is 0 Å². The smallest absolute Gasteiger partial charge is 0.255 e. The fourth-order valence-electron chi connectivity index (χ4n) is 2.70. The van der Waals surface area contributed by atoms with E-state index in [1.54, 1.807) is 12.1 Å². The van der Waals surface area contributed by atoms with E-state index in [1.165, 1.54) is 19.2 Å². The minimum atomic E-state index is -0.843. The zero-order chi connectivity index (χ0) is 20.1. The van der Waals surface area contributed by atoms with Gasteiger partial charge in [0.25, 0.3) is 5.91 Å². The number of halogens is 2. The van der Waals surface area contributed by atoms with Crippen LogP contribution in [0, 0.1) is 18.6 Å². The number of methoxy groups -OCH3 is 1. The quantitative estimate of drug-likeness (QED) is 0.643. The third-order valence-corrected chi connectivity index (χ3v) is 4.13. The molecule has 0 aromatic heterocycles. The number of amides is 1. The van der Waals surface area contributed by atoms with Crippen LogP contribution < -0.4 is 14.8 Å². The molecule has 0 unspecified atom stereocenters. The molecule has 3 aromatic rings. The molecule has 0 aliphatic rings. The first-order chi connectivity index (χ1) is 13.5. The maximum atomic E-state index is 13.8. The van der Waals surface area contributed by atoms with Crippen molar-refractivity contribution < 1.29 is 23.0 Å². The van der Waals surface area contributed by atoms with Crippen molar-refractivity contribution in [1.29, 1.82) is 0 Å². The fourth-order valence-corrected chi connectivity index (χ4v) is 2.70. The van der Waals surface area contributed by atoms with Gasteiger partial charge in [0.2, 0.25) is 0 Å². The van der Waals surface area contributed by atoms with Gasteiger partial charge in [0.15, 0.2) is 0 Å². The lowest BCUT2D eigenvalue weighted by Gasteiger charge is -2.13. The van der Waals surface area contributed by atoms with Gasteiger partial charge in [-0.1, -0.05) is 18.2 Å². The minimum absolute atomic E-state index is 0.168. The molecule has 0 atom stereocenters. The number of anilines is 1. The van der Waals surface area contributed by atoms with Crippen LogP contribution in [-0.4, -0.2) is 13.0 Å². The fraction of sp³-hybridized carbons (Fsp3) is 0.136. The van der Waals surface area contributed by atoms with Crippen LogP contribution in [0.5, 0.6) is 11.5 Å². The number of nitrogens with one attached hydrogen (secondary N) is 1. The predicted molar refractivity (Wildman–Crippen MR) is 103 cm³/mol. The molecule has 0 aliphatic carbocycles. The predicted octanol–water partition coefficient (Wildman–Crippen LogP) is 5.11. The standard InChI is InChI=1S/C22H19F2NO3/c1-14-5-3-6-17(11-14)28-13-16-12-15(9-10-20(16)27-2)22(26)25-21-18(23)7-4-8-19(21)24/h3-12H,13H2,1-2H3,(H,25,26). The second-order valence-corrected chi connectivity index (χ2v) is 6.18. The molecule has 0 aliphatic heterocycles. The molecule has 4 nitrogen and oxygen atoms in total. The van der Waals surface area contributed by atoms with Gasteiger partial charge in [-0.25, -0.2) is 8.78 Å². The molecule has 3 rings (SSSR count). The Hall–Kier alpha value is -3.41. The zero-order valence-corrected chi connectivity index (χ0v) is 15.5. The second kappa shape index (κ2) is 8.52. The minimum Gasteiger partial charge on any atom is -0.496 e. The number of carbonyl (C=O) groups is 1. The highest BCUT2D eigenvalue weighted by molar-refractivity contribution is 6.04. The lowest BCUT2D eigenvalue weighted by atomic mass is 10.1. The van der Waals surface area contributed by atoms with E-state index in [0.29, 0.717) is 17.1 Å². The van der Waals surface area contributed by atoms with Gasteiger partial charge < -0.3 is 14.8 Å². The Morgan fingerprint density at radius 3 is 2.39 bits per heavy atom. The van der Waals surface area contributed by atoms with Crippen LogP contribution in [0.3, 0.4) is 0 Å². The number of carbonyl (C=O) groups excluding carboxylic acids is 1. The number of hydrogen-bond acceptors (Lipinski definition) is 3. The largest absolute Gasteiger partial charge is 0.496 e. The van der Waals surface area contributed by atoms with Crippen LogP contribution in [-0.2, 0) is 6.61 Å². The Balaban J connectivity index is 1.80. The van der Waals surface area contributed by atoms with Gasteiger partial charge in [-0.15, -0.1) is 0 Å². The molecular weight excluding hydrogens is 364 g/mol. The van der Waals surface area contributed by atoms with E-state index < -0.39 is 23.2 Å². The van der Waals surface area contributed by atoms with E-state index in [2.05, 4.69) is 5.32 Å². The number of hydrogen-bond donors (Lipinski definition) is 1. The number of aryl methyl sites for hydroxylation is 1. The van der Waals surface area contributed by atoms with Crippen molar-refractivity contribution in [3.05, 3.63) is 89.0 Å². The van der Waals surface area contributed by atoms with Crippen LogP contribution in [0.2, 0.25) is 0 Å². The van der Waals surface area contributed by atoms with Crippen molar-refractivity contribution in [2.45, 2.75) is 13.5 Å². The van der Waals surface area contributed by atoms with E-state index >= 15 is 0 Å². The lowest BCUT2D eigenvalue weighted by molar-refractivity contribution is 0.102. The molecule has 144 valence electrons. The highest BCUT2D eigenvalue weighted by Gasteiger charge is 2.15. The lowest BCUT2D eigenvalue weighted by Crippen LogP contribution is -2.15. The van der Waals surface area contributed by atoms with Gasteiger partial charge in [0.1, 0.15) is 35.4 Å². The summed E-state index contributed by atoms with van der Waals surface area (Å²) in [6, 6.07) is 15.7. The maximum Gasteiger partial charge on any atom is 0.255 e. The summed E-state index contributed by atoms with van der Waals surface area (Å²) in [5.74, 6) is -1.09. The molecule has 0 radical (unpaired) electrons.